The van der Waals surface area contributed by atoms with Crippen LogP contribution in [-0.2, 0) is 9.84 Å². The third kappa shape index (κ3) is 4.00. The number of benzene rings is 1. The van der Waals surface area contributed by atoms with Crippen LogP contribution in [0.15, 0.2) is 18.2 Å². The summed E-state index contributed by atoms with van der Waals surface area (Å²) in [5.41, 5.74) is -0.293. The second-order valence-corrected chi connectivity index (χ2v) is 6.79. The van der Waals surface area contributed by atoms with Gasteiger partial charge in [-0.1, -0.05) is 0 Å². The lowest BCUT2D eigenvalue weighted by Gasteiger charge is -2.16. The largest absolute Gasteiger partial charge is 0.432 e. The number of hydrogen-bond acceptors (Lipinski definition) is 6. The van der Waals surface area contributed by atoms with E-state index in [-0.39, 0.29) is 22.9 Å². The summed E-state index contributed by atoms with van der Waals surface area (Å²) in [5.74, 6) is -0.482. The molecule has 0 bridgehead atoms. The number of hydrogen-bond donors (Lipinski definition) is 1. The van der Waals surface area contributed by atoms with Crippen LogP contribution in [0.4, 0.5) is 20.2 Å². The molecule has 0 aromatic heterocycles. The molecule has 1 atom stereocenters. The van der Waals surface area contributed by atoms with Crippen LogP contribution in [0.25, 0.3) is 0 Å². The molecule has 7 nitrogen and oxygen atoms in total. The second kappa shape index (κ2) is 5.80. The number of nitro groups is 1. The third-order valence-corrected chi connectivity index (χ3v) is 4.75. The van der Waals surface area contributed by atoms with Crippen LogP contribution in [0, 0.1) is 10.1 Å². The summed E-state index contributed by atoms with van der Waals surface area (Å²) in [6, 6.07) is 2.79. The van der Waals surface area contributed by atoms with E-state index in [0.29, 0.717) is 6.42 Å². The van der Waals surface area contributed by atoms with E-state index >= 15 is 0 Å². The molecule has 1 aromatic rings. The van der Waals surface area contributed by atoms with Gasteiger partial charge in [-0.25, -0.2) is 8.42 Å². The number of ether oxygens (including phenoxy) is 1. The van der Waals surface area contributed by atoms with Crippen molar-refractivity contribution < 1.29 is 26.9 Å². The van der Waals surface area contributed by atoms with Crippen LogP contribution in [0.1, 0.15) is 6.42 Å². The maximum absolute atomic E-state index is 12.4. The van der Waals surface area contributed by atoms with Crippen molar-refractivity contribution in [2.75, 3.05) is 16.8 Å². The highest BCUT2D eigenvalue weighted by molar-refractivity contribution is 7.91. The molecule has 0 saturated carbocycles. The summed E-state index contributed by atoms with van der Waals surface area (Å²) in [6.45, 7) is -3.14. The van der Waals surface area contributed by atoms with Gasteiger partial charge < -0.3 is 10.1 Å². The first-order valence-electron chi connectivity index (χ1n) is 5.97. The summed E-state index contributed by atoms with van der Waals surface area (Å²) in [6.07, 6.45) is 0.341. The van der Waals surface area contributed by atoms with Crippen LogP contribution in [0.2, 0.25) is 0 Å². The van der Waals surface area contributed by atoms with Crippen LogP contribution >= 0.6 is 0 Å². The number of alkyl halides is 2. The van der Waals surface area contributed by atoms with Gasteiger partial charge in [-0.15, -0.1) is 0 Å². The SMILES string of the molecule is O=[N+]([O-])c1ccc(NC2CCS(=O)(=O)C2)c(OC(F)F)c1. The molecule has 21 heavy (non-hydrogen) atoms. The molecule has 1 N–H and O–H groups in total. The molecule has 10 heteroatoms. The lowest BCUT2D eigenvalue weighted by molar-refractivity contribution is -0.385. The number of nitrogens with one attached hydrogen (secondary N) is 1. The number of sulfone groups is 1. The minimum Gasteiger partial charge on any atom is -0.432 e. The van der Waals surface area contributed by atoms with E-state index in [4.69, 9.17) is 0 Å². The van der Waals surface area contributed by atoms with Gasteiger partial charge in [0.25, 0.3) is 5.69 Å². The summed E-state index contributed by atoms with van der Waals surface area (Å²) in [4.78, 5) is 9.91. The van der Waals surface area contributed by atoms with Crippen LogP contribution in [0.3, 0.4) is 0 Å². The molecule has 1 unspecified atom stereocenters. The highest BCUT2D eigenvalue weighted by Crippen LogP contribution is 2.32. The van der Waals surface area contributed by atoms with Gasteiger partial charge in [0, 0.05) is 12.1 Å². The molecule has 2 rings (SSSR count). The zero-order chi connectivity index (χ0) is 15.6. The van der Waals surface area contributed by atoms with Gasteiger partial charge in [0.2, 0.25) is 0 Å². The van der Waals surface area contributed by atoms with E-state index in [1.165, 1.54) is 6.07 Å². The number of nitro benzene ring substituents is 1. The van der Waals surface area contributed by atoms with E-state index < -0.39 is 33.1 Å². The Morgan fingerprint density at radius 3 is 2.67 bits per heavy atom. The fourth-order valence-corrected chi connectivity index (χ4v) is 3.74. The highest BCUT2D eigenvalue weighted by Gasteiger charge is 2.28. The van der Waals surface area contributed by atoms with Crippen LogP contribution in [0.5, 0.6) is 5.75 Å². The Morgan fingerprint density at radius 1 is 1.43 bits per heavy atom. The van der Waals surface area contributed by atoms with Crippen molar-refractivity contribution in [3.8, 4) is 5.75 Å². The molecule has 1 saturated heterocycles. The molecule has 1 heterocycles. The molecule has 1 aromatic carbocycles. The summed E-state index contributed by atoms with van der Waals surface area (Å²) >= 11 is 0. The van der Waals surface area contributed by atoms with Crippen molar-refractivity contribution in [1.29, 1.82) is 0 Å². The molecule has 0 radical (unpaired) electrons. The summed E-state index contributed by atoms with van der Waals surface area (Å²) in [7, 11) is -3.13. The minimum atomic E-state index is -3.14. The lowest BCUT2D eigenvalue weighted by atomic mass is 10.2. The quantitative estimate of drug-likeness (QED) is 0.655. The van der Waals surface area contributed by atoms with E-state index in [2.05, 4.69) is 10.1 Å². The van der Waals surface area contributed by atoms with E-state index in [1.807, 2.05) is 0 Å². The average molecular weight is 322 g/mol. The number of rotatable bonds is 5. The maximum Gasteiger partial charge on any atom is 0.387 e. The zero-order valence-corrected chi connectivity index (χ0v) is 11.5. The van der Waals surface area contributed by atoms with Gasteiger partial charge in [-0.05, 0) is 12.5 Å². The monoisotopic (exact) mass is 322 g/mol. The molecule has 1 aliphatic rings. The second-order valence-electron chi connectivity index (χ2n) is 4.56. The van der Waals surface area contributed by atoms with Gasteiger partial charge in [0.1, 0.15) is 0 Å². The molecular formula is C11H12F2N2O5S. The molecule has 116 valence electrons. The molecule has 0 aliphatic carbocycles. The number of halogens is 2. The smallest absolute Gasteiger partial charge is 0.387 e. The van der Waals surface area contributed by atoms with Gasteiger partial charge >= 0.3 is 6.61 Å². The predicted octanol–water partition coefficient (Wildman–Crippen LogP) is 1.80. The zero-order valence-electron chi connectivity index (χ0n) is 10.7. The molecule has 0 amide bonds. The first kappa shape index (κ1) is 15.4. The van der Waals surface area contributed by atoms with E-state index in [1.54, 1.807) is 0 Å². The topological polar surface area (TPSA) is 98.5 Å². The van der Waals surface area contributed by atoms with Crippen molar-refractivity contribution >= 4 is 21.2 Å². The van der Waals surface area contributed by atoms with Crippen molar-refractivity contribution in [2.24, 2.45) is 0 Å². The van der Waals surface area contributed by atoms with Crippen LogP contribution < -0.4 is 10.1 Å². The molecule has 1 fully saturated rings. The average Bonchev–Trinajstić information content (AvgIpc) is 2.70. The van der Waals surface area contributed by atoms with Crippen molar-refractivity contribution in [3.05, 3.63) is 28.3 Å². The molecule has 0 spiro atoms. The normalized spacial score (nSPS) is 20.4. The Bertz CT molecular complexity index is 650. The Labute approximate surface area is 119 Å². The van der Waals surface area contributed by atoms with E-state index in [0.717, 1.165) is 12.1 Å². The maximum atomic E-state index is 12.4. The number of nitrogens with zero attached hydrogens (tertiary/aromatic N) is 1. The van der Waals surface area contributed by atoms with Crippen molar-refractivity contribution in [2.45, 2.75) is 19.1 Å². The Hall–Kier alpha value is -1.97. The molecular weight excluding hydrogens is 310 g/mol. The highest BCUT2D eigenvalue weighted by atomic mass is 32.2. The first-order valence-corrected chi connectivity index (χ1v) is 7.79. The lowest BCUT2D eigenvalue weighted by Crippen LogP contribution is -2.21. The van der Waals surface area contributed by atoms with Gasteiger partial charge in [0.15, 0.2) is 15.6 Å². The summed E-state index contributed by atoms with van der Waals surface area (Å²) in [5, 5.41) is 13.4. The van der Waals surface area contributed by atoms with Crippen molar-refractivity contribution in [3.63, 3.8) is 0 Å². The number of anilines is 1. The molecule has 1 aliphatic heterocycles. The first-order chi connectivity index (χ1) is 9.77. The van der Waals surface area contributed by atoms with Gasteiger partial charge in [-0.2, -0.15) is 8.78 Å². The standard InChI is InChI=1S/C11H12F2N2O5S/c12-11(13)20-10-5-8(15(16)17)1-2-9(10)14-7-3-4-21(18,19)6-7/h1-2,5,7,11,14H,3-4,6H2. The summed E-state index contributed by atoms with van der Waals surface area (Å²) < 4.78 is 51.7. The fraction of sp³-hybridized carbons (Fsp3) is 0.455. The van der Waals surface area contributed by atoms with Crippen molar-refractivity contribution in [1.82, 2.24) is 0 Å². The Morgan fingerprint density at radius 2 is 2.14 bits per heavy atom. The number of non-ortho nitro benzene ring substituents is 1. The Kier molecular flexibility index (Phi) is 4.26. The minimum absolute atomic E-state index is 0.0166. The predicted molar refractivity (Wildman–Crippen MR) is 70.4 cm³/mol. The van der Waals surface area contributed by atoms with E-state index in [9.17, 15) is 27.3 Å². The third-order valence-electron chi connectivity index (χ3n) is 2.98. The van der Waals surface area contributed by atoms with Gasteiger partial charge in [0.05, 0.1) is 28.2 Å². The van der Waals surface area contributed by atoms with Crippen LogP contribution in [-0.4, -0.2) is 37.5 Å². The Balaban J connectivity index is 2.23. The fourth-order valence-electron chi connectivity index (χ4n) is 2.07. The van der Waals surface area contributed by atoms with Gasteiger partial charge in [-0.3, -0.25) is 10.1 Å².